The van der Waals surface area contributed by atoms with E-state index in [1.54, 1.807) is 16.0 Å². The number of rotatable bonds is 4. The molecule has 3 aromatic heterocycles. The summed E-state index contributed by atoms with van der Waals surface area (Å²) in [7, 11) is 0. The van der Waals surface area contributed by atoms with Crippen LogP contribution in [0.1, 0.15) is 43.3 Å². The first-order valence-electron chi connectivity index (χ1n) is 7.02. The van der Waals surface area contributed by atoms with E-state index in [4.69, 9.17) is 4.52 Å². The lowest BCUT2D eigenvalue weighted by molar-refractivity contribution is 0.361. The van der Waals surface area contributed by atoms with Crippen LogP contribution < -0.4 is 0 Å². The molecular weight excluding hydrogens is 288 g/mol. The average Bonchev–Trinajstić information content (AvgIpc) is 3.28. The van der Waals surface area contributed by atoms with Crippen molar-refractivity contribution >= 4 is 11.3 Å². The zero-order chi connectivity index (χ0) is 14.1. The summed E-state index contributed by atoms with van der Waals surface area (Å²) in [5.41, 5.74) is 0. The van der Waals surface area contributed by atoms with E-state index in [9.17, 15) is 0 Å². The molecule has 21 heavy (non-hydrogen) atoms. The number of aromatic nitrogens is 6. The Hall–Kier alpha value is -2.09. The molecular formula is C13H14N6OS. The molecule has 0 unspecified atom stereocenters. The molecule has 0 radical (unpaired) electrons. The van der Waals surface area contributed by atoms with Gasteiger partial charge in [-0.1, -0.05) is 24.1 Å². The molecule has 1 aliphatic carbocycles. The summed E-state index contributed by atoms with van der Waals surface area (Å²) in [6.07, 6.45) is 4.82. The van der Waals surface area contributed by atoms with E-state index in [1.165, 1.54) is 12.8 Å². The minimum Gasteiger partial charge on any atom is -0.337 e. The molecule has 0 aromatic carbocycles. The van der Waals surface area contributed by atoms with E-state index >= 15 is 0 Å². The molecule has 1 saturated carbocycles. The molecule has 4 rings (SSSR count). The fraction of sp³-hybridized carbons (Fsp3) is 0.462. The van der Waals surface area contributed by atoms with E-state index in [1.807, 2.05) is 17.5 Å². The lowest BCUT2D eigenvalue weighted by atomic mass is 10.1. The van der Waals surface area contributed by atoms with Gasteiger partial charge >= 0.3 is 0 Å². The maximum atomic E-state index is 5.31. The van der Waals surface area contributed by atoms with Gasteiger partial charge in [0.15, 0.2) is 5.82 Å². The number of hydrogen-bond acceptors (Lipinski definition) is 7. The molecule has 1 fully saturated rings. The Labute approximate surface area is 125 Å². The highest BCUT2D eigenvalue weighted by Crippen LogP contribution is 2.32. The van der Waals surface area contributed by atoms with Gasteiger partial charge in [0.05, 0.1) is 4.88 Å². The molecule has 0 atom stereocenters. The van der Waals surface area contributed by atoms with Gasteiger partial charge in [-0.2, -0.15) is 4.98 Å². The van der Waals surface area contributed by atoms with Gasteiger partial charge in [0, 0.05) is 5.92 Å². The van der Waals surface area contributed by atoms with Crippen LogP contribution in [0, 0.1) is 0 Å². The fourth-order valence-electron chi connectivity index (χ4n) is 2.75. The average molecular weight is 302 g/mol. The summed E-state index contributed by atoms with van der Waals surface area (Å²) >= 11 is 1.59. The minimum absolute atomic E-state index is 0.428. The highest BCUT2D eigenvalue weighted by Gasteiger charge is 2.24. The zero-order valence-electron chi connectivity index (χ0n) is 11.3. The third kappa shape index (κ3) is 2.46. The van der Waals surface area contributed by atoms with Crippen LogP contribution in [-0.2, 0) is 6.54 Å². The van der Waals surface area contributed by atoms with Gasteiger partial charge in [-0.3, -0.25) is 0 Å². The molecule has 0 bridgehead atoms. The summed E-state index contributed by atoms with van der Waals surface area (Å²) < 4.78 is 7.09. The Morgan fingerprint density at radius 3 is 3.05 bits per heavy atom. The molecule has 0 amide bonds. The maximum absolute atomic E-state index is 5.31. The smallest absolute Gasteiger partial charge is 0.248 e. The normalized spacial score (nSPS) is 15.8. The Balaban J connectivity index is 1.55. The Morgan fingerprint density at radius 2 is 2.24 bits per heavy atom. The Morgan fingerprint density at radius 1 is 1.33 bits per heavy atom. The van der Waals surface area contributed by atoms with E-state index in [0.717, 1.165) is 23.5 Å². The second-order valence-corrected chi connectivity index (χ2v) is 6.11. The first kappa shape index (κ1) is 12.6. The topological polar surface area (TPSA) is 82.5 Å². The molecule has 3 heterocycles. The van der Waals surface area contributed by atoms with Gasteiger partial charge in [-0.15, -0.1) is 16.4 Å². The maximum Gasteiger partial charge on any atom is 0.248 e. The highest BCUT2D eigenvalue weighted by atomic mass is 32.1. The van der Waals surface area contributed by atoms with Gasteiger partial charge in [0.1, 0.15) is 6.54 Å². The number of tetrazole rings is 1. The molecule has 8 heteroatoms. The van der Waals surface area contributed by atoms with Crippen LogP contribution in [0.3, 0.4) is 0 Å². The standard InChI is InChI=1S/C13H14N6OS/c1-2-5-9(4-1)13-15-17-18-19(13)8-11-14-12(16-20-11)10-6-3-7-21-10/h3,6-7,9H,1-2,4-5,8H2. The van der Waals surface area contributed by atoms with E-state index in [-0.39, 0.29) is 0 Å². The minimum atomic E-state index is 0.428. The van der Waals surface area contributed by atoms with Crippen molar-refractivity contribution in [3.05, 3.63) is 29.2 Å². The second-order valence-electron chi connectivity index (χ2n) is 5.17. The van der Waals surface area contributed by atoms with Crippen molar-refractivity contribution in [3.8, 4) is 10.7 Å². The summed E-state index contributed by atoms with van der Waals surface area (Å²) in [5, 5.41) is 18.0. The van der Waals surface area contributed by atoms with Crippen LogP contribution in [0.2, 0.25) is 0 Å². The van der Waals surface area contributed by atoms with Crippen molar-refractivity contribution in [2.75, 3.05) is 0 Å². The van der Waals surface area contributed by atoms with Crippen molar-refractivity contribution in [1.82, 2.24) is 30.3 Å². The van der Waals surface area contributed by atoms with E-state index < -0.39 is 0 Å². The van der Waals surface area contributed by atoms with E-state index in [0.29, 0.717) is 24.2 Å². The molecule has 3 aromatic rings. The van der Waals surface area contributed by atoms with Crippen LogP contribution in [0.5, 0.6) is 0 Å². The fourth-order valence-corrected chi connectivity index (χ4v) is 3.40. The van der Waals surface area contributed by atoms with Crippen molar-refractivity contribution in [2.45, 2.75) is 38.1 Å². The predicted octanol–water partition coefficient (Wildman–Crippen LogP) is 2.49. The number of thiophene rings is 1. The molecule has 7 nitrogen and oxygen atoms in total. The molecule has 0 N–H and O–H groups in total. The Bertz CT molecular complexity index is 713. The lowest BCUT2D eigenvalue weighted by Gasteiger charge is -2.07. The van der Waals surface area contributed by atoms with Gasteiger partial charge in [0.2, 0.25) is 11.7 Å². The van der Waals surface area contributed by atoms with Crippen molar-refractivity contribution in [1.29, 1.82) is 0 Å². The second kappa shape index (κ2) is 5.36. The van der Waals surface area contributed by atoms with Crippen LogP contribution in [-0.4, -0.2) is 30.3 Å². The molecule has 0 saturated heterocycles. The SMILES string of the molecule is c1csc(-c2noc(Cn3nnnc3C3CCCC3)n2)c1. The van der Waals surface area contributed by atoms with Crippen molar-refractivity contribution < 1.29 is 4.52 Å². The van der Waals surface area contributed by atoms with E-state index in [2.05, 4.69) is 25.7 Å². The molecule has 1 aliphatic rings. The van der Waals surface area contributed by atoms with Crippen LogP contribution in [0.4, 0.5) is 0 Å². The first-order chi connectivity index (χ1) is 10.4. The van der Waals surface area contributed by atoms with Gasteiger partial charge in [0.25, 0.3) is 0 Å². The summed E-state index contributed by atoms with van der Waals surface area (Å²) in [4.78, 5) is 5.41. The van der Waals surface area contributed by atoms with Gasteiger partial charge < -0.3 is 4.52 Å². The monoisotopic (exact) mass is 302 g/mol. The van der Waals surface area contributed by atoms with Gasteiger partial charge in [-0.25, -0.2) is 4.68 Å². The summed E-state index contributed by atoms with van der Waals surface area (Å²) in [6, 6.07) is 3.94. The van der Waals surface area contributed by atoms with Crippen LogP contribution in [0.25, 0.3) is 10.7 Å². The van der Waals surface area contributed by atoms with Crippen LogP contribution in [0.15, 0.2) is 22.0 Å². The third-order valence-corrected chi connectivity index (χ3v) is 4.64. The number of hydrogen-bond donors (Lipinski definition) is 0. The molecule has 0 spiro atoms. The zero-order valence-corrected chi connectivity index (χ0v) is 12.2. The van der Waals surface area contributed by atoms with Crippen molar-refractivity contribution in [2.24, 2.45) is 0 Å². The summed E-state index contributed by atoms with van der Waals surface area (Å²) in [6.45, 7) is 0.428. The van der Waals surface area contributed by atoms with Crippen molar-refractivity contribution in [3.63, 3.8) is 0 Å². The summed E-state index contributed by atoms with van der Waals surface area (Å²) in [5.74, 6) is 2.54. The largest absolute Gasteiger partial charge is 0.337 e. The number of nitrogens with zero attached hydrogens (tertiary/aromatic N) is 6. The molecule has 0 aliphatic heterocycles. The molecule has 108 valence electrons. The third-order valence-electron chi connectivity index (χ3n) is 3.77. The Kier molecular flexibility index (Phi) is 3.23. The first-order valence-corrected chi connectivity index (χ1v) is 7.90. The lowest BCUT2D eigenvalue weighted by Crippen LogP contribution is -2.10. The quantitative estimate of drug-likeness (QED) is 0.736. The predicted molar refractivity (Wildman–Crippen MR) is 75.7 cm³/mol. The highest BCUT2D eigenvalue weighted by molar-refractivity contribution is 7.13. The van der Waals surface area contributed by atoms with Crippen LogP contribution >= 0.6 is 11.3 Å². The van der Waals surface area contributed by atoms with Gasteiger partial charge in [-0.05, 0) is 34.7 Å².